The highest BCUT2D eigenvalue weighted by atomic mass is 35.5. The molecule has 0 spiro atoms. The minimum atomic E-state index is 0.783. The Balaban J connectivity index is 1.53. The molecule has 3 rings (SSSR count). The van der Waals surface area contributed by atoms with Gasteiger partial charge in [-0.15, -0.1) is 0 Å². The first-order chi connectivity index (χ1) is 12.8. The van der Waals surface area contributed by atoms with Gasteiger partial charge in [0, 0.05) is 37.7 Å². The smallest absolute Gasteiger partial charge is 0.0406 e. The maximum atomic E-state index is 5.94. The van der Waals surface area contributed by atoms with Crippen LogP contribution < -0.4 is 5.32 Å². The summed E-state index contributed by atoms with van der Waals surface area (Å²) in [5, 5.41) is 4.32. The van der Waals surface area contributed by atoms with Crippen molar-refractivity contribution >= 4 is 11.6 Å². The Morgan fingerprint density at radius 2 is 1.19 bits per heavy atom. The van der Waals surface area contributed by atoms with Gasteiger partial charge >= 0.3 is 0 Å². The van der Waals surface area contributed by atoms with E-state index in [9.17, 15) is 0 Å². The van der Waals surface area contributed by atoms with Gasteiger partial charge in [0.15, 0.2) is 0 Å². The lowest BCUT2D eigenvalue weighted by Crippen LogP contribution is -2.31. The van der Waals surface area contributed by atoms with E-state index in [0.717, 1.165) is 37.7 Å². The molecule has 3 aromatic carbocycles. The molecule has 0 saturated heterocycles. The van der Waals surface area contributed by atoms with Crippen molar-refractivity contribution in [2.24, 2.45) is 0 Å². The van der Waals surface area contributed by atoms with Crippen LogP contribution in [0.25, 0.3) is 0 Å². The summed E-state index contributed by atoms with van der Waals surface area (Å²) in [5.41, 5.74) is 3.95. The topological polar surface area (TPSA) is 15.3 Å². The molecule has 0 aromatic heterocycles. The quantitative estimate of drug-likeness (QED) is 0.529. The van der Waals surface area contributed by atoms with Crippen molar-refractivity contribution in [1.29, 1.82) is 0 Å². The average molecular weight is 365 g/mol. The van der Waals surface area contributed by atoms with Gasteiger partial charge in [0.05, 0.1) is 0 Å². The second kappa shape index (κ2) is 10.1. The van der Waals surface area contributed by atoms with Crippen LogP contribution in [0.2, 0.25) is 5.02 Å². The Morgan fingerprint density at radius 1 is 0.654 bits per heavy atom. The van der Waals surface area contributed by atoms with Gasteiger partial charge in [0.2, 0.25) is 0 Å². The van der Waals surface area contributed by atoms with E-state index < -0.39 is 0 Å². The number of nitrogens with zero attached hydrogens (tertiary/aromatic N) is 1. The van der Waals surface area contributed by atoms with Gasteiger partial charge in [-0.25, -0.2) is 0 Å². The van der Waals surface area contributed by atoms with Crippen LogP contribution in [0.3, 0.4) is 0 Å². The molecule has 2 nitrogen and oxygen atoms in total. The molecule has 1 N–H and O–H groups in total. The Kier molecular flexibility index (Phi) is 7.26. The maximum Gasteiger partial charge on any atom is 0.0406 e. The summed E-state index contributed by atoms with van der Waals surface area (Å²) in [5.74, 6) is 0. The van der Waals surface area contributed by atoms with Crippen LogP contribution in [0.4, 0.5) is 0 Å². The van der Waals surface area contributed by atoms with Crippen molar-refractivity contribution < 1.29 is 0 Å². The Labute approximate surface area is 161 Å². The number of hydrogen-bond acceptors (Lipinski definition) is 2. The zero-order valence-electron chi connectivity index (χ0n) is 14.9. The van der Waals surface area contributed by atoms with Crippen molar-refractivity contribution in [3.63, 3.8) is 0 Å². The molecule has 0 heterocycles. The molecule has 0 amide bonds. The highest BCUT2D eigenvalue weighted by Gasteiger charge is 2.07. The molecule has 3 heteroatoms. The molecule has 0 unspecified atom stereocenters. The van der Waals surface area contributed by atoms with Crippen molar-refractivity contribution in [2.75, 3.05) is 13.1 Å². The lowest BCUT2D eigenvalue weighted by Gasteiger charge is -2.23. The van der Waals surface area contributed by atoms with E-state index >= 15 is 0 Å². The van der Waals surface area contributed by atoms with Crippen molar-refractivity contribution in [1.82, 2.24) is 10.2 Å². The first-order valence-electron chi connectivity index (χ1n) is 9.05. The molecule has 0 fully saturated rings. The first kappa shape index (κ1) is 18.7. The third-order valence-electron chi connectivity index (χ3n) is 4.35. The SMILES string of the molecule is Clc1ccc(CNCCN(Cc2ccccc2)Cc2ccccc2)cc1. The molecule has 0 atom stereocenters. The monoisotopic (exact) mass is 364 g/mol. The molecule has 0 aliphatic rings. The lowest BCUT2D eigenvalue weighted by molar-refractivity contribution is 0.256. The van der Waals surface area contributed by atoms with Crippen LogP contribution in [0, 0.1) is 0 Å². The zero-order valence-corrected chi connectivity index (χ0v) is 15.7. The van der Waals surface area contributed by atoms with Gasteiger partial charge in [-0.3, -0.25) is 4.90 Å². The molecule has 3 aromatic rings. The molecule has 0 radical (unpaired) electrons. The zero-order chi connectivity index (χ0) is 18.0. The summed E-state index contributed by atoms with van der Waals surface area (Å²) in [6, 6.07) is 29.4. The summed E-state index contributed by atoms with van der Waals surface area (Å²) in [4.78, 5) is 2.49. The first-order valence-corrected chi connectivity index (χ1v) is 9.43. The van der Waals surface area contributed by atoms with E-state index in [1.165, 1.54) is 16.7 Å². The molecule has 0 aliphatic heterocycles. The van der Waals surface area contributed by atoms with Gasteiger partial charge in [-0.05, 0) is 28.8 Å². The van der Waals surface area contributed by atoms with Crippen molar-refractivity contribution in [2.45, 2.75) is 19.6 Å². The number of nitrogens with one attached hydrogen (secondary N) is 1. The van der Waals surface area contributed by atoms with Gasteiger partial charge in [-0.2, -0.15) is 0 Å². The molecule has 0 saturated carbocycles. The van der Waals surface area contributed by atoms with Crippen molar-refractivity contribution in [3.05, 3.63) is 107 Å². The van der Waals surface area contributed by atoms with Crippen LogP contribution in [0.15, 0.2) is 84.9 Å². The molecular weight excluding hydrogens is 340 g/mol. The fourth-order valence-corrected chi connectivity index (χ4v) is 3.10. The third kappa shape index (κ3) is 6.30. The highest BCUT2D eigenvalue weighted by Crippen LogP contribution is 2.11. The predicted octanol–water partition coefficient (Wildman–Crippen LogP) is 5.13. The Hall–Kier alpha value is -2.13. The Morgan fingerprint density at radius 3 is 1.73 bits per heavy atom. The minimum Gasteiger partial charge on any atom is -0.311 e. The van der Waals surface area contributed by atoms with Crippen molar-refractivity contribution in [3.8, 4) is 0 Å². The minimum absolute atomic E-state index is 0.783. The number of rotatable bonds is 9. The molecule has 0 bridgehead atoms. The lowest BCUT2D eigenvalue weighted by atomic mass is 10.1. The largest absolute Gasteiger partial charge is 0.311 e. The summed E-state index contributed by atoms with van der Waals surface area (Å²) in [6.45, 7) is 4.72. The third-order valence-corrected chi connectivity index (χ3v) is 4.60. The summed E-state index contributed by atoms with van der Waals surface area (Å²) >= 11 is 5.94. The van der Waals surface area contributed by atoms with Gasteiger partial charge in [-0.1, -0.05) is 84.4 Å². The van der Waals surface area contributed by atoms with Crippen LogP contribution >= 0.6 is 11.6 Å². The van der Waals surface area contributed by atoms with Gasteiger partial charge in [0.25, 0.3) is 0 Å². The molecule has 134 valence electrons. The van der Waals surface area contributed by atoms with Gasteiger partial charge < -0.3 is 5.32 Å². The number of benzene rings is 3. The number of halogens is 1. The summed E-state index contributed by atoms with van der Waals surface area (Å²) in [7, 11) is 0. The van der Waals surface area contributed by atoms with E-state index in [2.05, 4.69) is 83.0 Å². The standard InChI is InChI=1S/C23H25ClN2/c24-23-13-11-20(12-14-23)17-25-15-16-26(18-21-7-3-1-4-8-21)19-22-9-5-2-6-10-22/h1-14,25H,15-19H2. The van der Waals surface area contributed by atoms with Crippen LogP contribution in [0.1, 0.15) is 16.7 Å². The van der Waals surface area contributed by atoms with E-state index in [1.54, 1.807) is 0 Å². The molecule has 0 aliphatic carbocycles. The fourth-order valence-electron chi connectivity index (χ4n) is 2.97. The average Bonchev–Trinajstić information content (AvgIpc) is 2.68. The summed E-state index contributed by atoms with van der Waals surface area (Å²) in [6.07, 6.45) is 0. The van der Waals surface area contributed by atoms with Gasteiger partial charge in [0.1, 0.15) is 0 Å². The summed E-state index contributed by atoms with van der Waals surface area (Å²) < 4.78 is 0. The normalized spacial score (nSPS) is 11.0. The van der Waals surface area contributed by atoms with Crippen LogP contribution in [-0.2, 0) is 19.6 Å². The second-order valence-corrected chi connectivity index (χ2v) is 6.92. The number of hydrogen-bond donors (Lipinski definition) is 1. The second-order valence-electron chi connectivity index (χ2n) is 6.49. The molecule has 26 heavy (non-hydrogen) atoms. The predicted molar refractivity (Wildman–Crippen MR) is 110 cm³/mol. The fraction of sp³-hybridized carbons (Fsp3) is 0.217. The maximum absolute atomic E-state index is 5.94. The van der Waals surface area contributed by atoms with E-state index in [-0.39, 0.29) is 0 Å². The van der Waals surface area contributed by atoms with E-state index in [4.69, 9.17) is 11.6 Å². The van der Waals surface area contributed by atoms with E-state index in [0.29, 0.717) is 0 Å². The Bertz CT molecular complexity index is 716. The van der Waals surface area contributed by atoms with Crippen LogP contribution in [-0.4, -0.2) is 18.0 Å². The van der Waals surface area contributed by atoms with E-state index in [1.807, 2.05) is 12.1 Å². The highest BCUT2D eigenvalue weighted by molar-refractivity contribution is 6.30. The van der Waals surface area contributed by atoms with Crippen LogP contribution in [0.5, 0.6) is 0 Å². The molecular formula is C23H25ClN2.